The van der Waals surface area contributed by atoms with Gasteiger partial charge in [-0.2, -0.15) is 4.57 Å². The number of fused-ring (bicyclic) bond motifs is 3. The highest BCUT2D eigenvalue weighted by atomic mass is 15.0. The highest BCUT2D eigenvalue weighted by molar-refractivity contribution is 5.67. The molecule has 0 saturated carbocycles. The second-order valence-corrected chi connectivity index (χ2v) is 6.67. The van der Waals surface area contributed by atoms with Gasteiger partial charge in [0.15, 0.2) is 5.69 Å². The molecule has 2 aliphatic carbocycles. The lowest BCUT2D eigenvalue weighted by molar-refractivity contribution is -0.668. The number of benzene rings is 1. The van der Waals surface area contributed by atoms with Gasteiger partial charge in [0.1, 0.15) is 7.05 Å². The van der Waals surface area contributed by atoms with Gasteiger partial charge in [0, 0.05) is 23.1 Å². The molecule has 1 nitrogen and oxygen atoms in total. The van der Waals surface area contributed by atoms with E-state index in [0.717, 1.165) is 0 Å². The molecule has 1 heteroatoms. The third-order valence-corrected chi connectivity index (χ3v) is 5.45. The maximum atomic E-state index is 2.52. The van der Waals surface area contributed by atoms with Crippen molar-refractivity contribution in [2.75, 3.05) is 0 Å². The first-order chi connectivity index (χ1) is 10.3. The first-order valence-electron chi connectivity index (χ1n) is 8.39. The minimum absolute atomic E-state index is 1.26. The van der Waals surface area contributed by atoms with Crippen molar-refractivity contribution < 1.29 is 4.57 Å². The van der Waals surface area contributed by atoms with Crippen molar-refractivity contribution in [2.45, 2.75) is 51.9 Å². The number of nitrogens with zero attached hydrogens (tertiary/aromatic N) is 1. The van der Waals surface area contributed by atoms with E-state index in [0.29, 0.717) is 0 Å². The van der Waals surface area contributed by atoms with E-state index in [2.05, 4.69) is 42.8 Å². The lowest BCUT2D eigenvalue weighted by Crippen LogP contribution is -2.39. The zero-order valence-corrected chi connectivity index (χ0v) is 13.2. The minimum Gasteiger partial charge on any atom is -0.198 e. The van der Waals surface area contributed by atoms with Gasteiger partial charge >= 0.3 is 0 Å². The third-order valence-electron chi connectivity index (χ3n) is 5.45. The van der Waals surface area contributed by atoms with Crippen LogP contribution in [0.5, 0.6) is 0 Å². The predicted molar refractivity (Wildman–Crippen MR) is 86.5 cm³/mol. The summed E-state index contributed by atoms with van der Waals surface area (Å²) in [5.74, 6) is 0. The zero-order valence-electron chi connectivity index (χ0n) is 13.2. The summed E-state index contributed by atoms with van der Waals surface area (Å²) in [5.41, 5.74) is 11.0. The maximum absolute atomic E-state index is 2.52. The summed E-state index contributed by atoms with van der Waals surface area (Å²) in [6, 6.07) is 8.89. The van der Waals surface area contributed by atoms with E-state index in [1.807, 2.05) is 0 Å². The molecule has 1 aromatic carbocycles. The van der Waals surface area contributed by atoms with E-state index >= 15 is 0 Å². The lowest BCUT2D eigenvalue weighted by atomic mass is 9.84. The molecule has 2 aromatic rings. The predicted octanol–water partition coefficient (Wildman–Crippen LogP) is 3.85. The topological polar surface area (TPSA) is 3.88 Å². The van der Waals surface area contributed by atoms with Gasteiger partial charge in [-0.05, 0) is 62.6 Å². The van der Waals surface area contributed by atoms with Gasteiger partial charge in [-0.3, -0.25) is 0 Å². The summed E-state index contributed by atoms with van der Waals surface area (Å²) in [7, 11) is 2.29. The molecule has 21 heavy (non-hydrogen) atoms. The van der Waals surface area contributed by atoms with Crippen LogP contribution >= 0.6 is 0 Å². The molecule has 2 aliphatic rings. The molecule has 0 saturated heterocycles. The van der Waals surface area contributed by atoms with E-state index in [-0.39, 0.29) is 0 Å². The van der Waals surface area contributed by atoms with Crippen molar-refractivity contribution in [3.63, 3.8) is 0 Å². The summed E-state index contributed by atoms with van der Waals surface area (Å²) < 4.78 is 2.52. The van der Waals surface area contributed by atoms with E-state index in [9.17, 15) is 0 Å². The normalized spacial score (nSPS) is 16.7. The standard InChI is InChI=1S/C20H24N/c1-14-8-3-4-9-15(14)20-18-11-6-5-10-16(18)17-12-7-13-19(17)21(20)2/h3-4,8-9H,5-7,10-13H2,1-2H3/q+1. The molecule has 0 aliphatic heterocycles. The fourth-order valence-corrected chi connectivity index (χ4v) is 4.44. The Bertz CT molecular complexity index is 712. The van der Waals surface area contributed by atoms with Gasteiger partial charge < -0.3 is 0 Å². The monoisotopic (exact) mass is 278 g/mol. The number of pyridine rings is 1. The Kier molecular flexibility index (Phi) is 3.10. The second-order valence-electron chi connectivity index (χ2n) is 6.67. The van der Waals surface area contributed by atoms with Crippen LogP contribution in [0.1, 0.15) is 47.2 Å². The quantitative estimate of drug-likeness (QED) is 0.698. The van der Waals surface area contributed by atoms with E-state index in [1.165, 1.54) is 61.8 Å². The zero-order chi connectivity index (χ0) is 14.4. The molecule has 0 bridgehead atoms. The number of hydrogen-bond donors (Lipinski definition) is 0. The summed E-state index contributed by atoms with van der Waals surface area (Å²) >= 11 is 0. The Morgan fingerprint density at radius 3 is 2.33 bits per heavy atom. The highest BCUT2D eigenvalue weighted by Gasteiger charge is 2.32. The van der Waals surface area contributed by atoms with Gasteiger partial charge in [-0.1, -0.05) is 18.2 Å². The largest absolute Gasteiger partial charge is 0.216 e. The van der Waals surface area contributed by atoms with Crippen LogP contribution in [-0.4, -0.2) is 0 Å². The molecule has 1 heterocycles. The van der Waals surface area contributed by atoms with Gasteiger partial charge in [0.25, 0.3) is 0 Å². The summed E-state index contributed by atoms with van der Waals surface area (Å²) in [6.45, 7) is 2.25. The van der Waals surface area contributed by atoms with Crippen LogP contribution in [0.2, 0.25) is 0 Å². The van der Waals surface area contributed by atoms with Gasteiger partial charge in [-0.15, -0.1) is 0 Å². The van der Waals surface area contributed by atoms with E-state index in [1.54, 1.807) is 22.4 Å². The van der Waals surface area contributed by atoms with Crippen LogP contribution in [0.4, 0.5) is 0 Å². The Hall–Kier alpha value is -1.63. The van der Waals surface area contributed by atoms with Crippen LogP contribution in [0.25, 0.3) is 11.3 Å². The van der Waals surface area contributed by atoms with Crippen molar-refractivity contribution in [3.05, 3.63) is 52.2 Å². The number of aryl methyl sites for hydroxylation is 1. The molecule has 0 amide bonds. The number of aromatic nitrogens is 1. The van der Waals surface area contributed by atoms with E-state index < -0.39 is 0 Å². The molecule has 108 valence electrons. The third kappa shape index (κ3) is 1.94. The van der Waals surface area contributed by atoms with Crippen molar-refractivity contribution in [1.82, 2.24) is 0 Å². The molecule has 0 atom stereocenters. The molecule has 0 spiro atoms. The lowest BCUT2D eigenvalue weighted by Gasteiger charge is -2.21. The fourth-order valence-electron chi connectivity index (χ4n) is 4.44. The van der Waals surface area contributed by atoms with Crippen LogP contribution in [0.3, 0.4) is 0 Å². The van der Waals surface area contributed by atoms with Crippen molar-refractivity contribution in [1.29, 1.82) is 0 Å². The van der Waals surface area contributed by atoms with Gasteiger partial charge in [0.2, 0.25) is 5.69 Å². The summed E-state index contributed by atoms with van der Waals surface area (Å²) in [5, 5.41) is 0. The smallest absolute Gasteiger partial charge is 0.198 e. The number of rotatable bonds is 1. The first kappa shape index (κ1) is 13.1. The highest BCUT2D eigenvalue weighted by Crippen LogP contribution is 2.36. The van der Waals surface area contributed by atoms with Crippen LogP contribution in [0.15, 0.2) is 24.3 Å². The Morgan fingerprint density at radius 1 is 0.810 bits per heavy atom. The van der Waals surface area contributed by atoms with Crippen molar-refractivity contribution >= 4 is 0 Å². The molecule has 1 aromatic heterocycles. The van der Waals surface area contributed by atoms with Gasteiger partial charge in [-0.25, -0.2) is 0 Å². The van der Waals surface area contributed by atoms with Crippen LogP contribution in [-0.2, 0) is 32.7 Å². The molecule has 0 N–H and O–H groups in total. The first-order valence-corrected chi connectivity index (χ1v) is 8.39. The minimum atomic E-state index is 1.26. The van der Waals surface area contributed by atoms with Crippen LogP contribution in [0, 0.1) is 6.92 Å². The van der Waals surface area contributed by atoms with Crippen molar-refractivity contribution in [2.24, 2.45) is 7.05 Å². The Labute approximate surface area is 127 Å². The Morgan fingerprint density at radius 2 is 1.52 bits per heavy atom. The molecule has 0 radical (unpaired) electrons. The molecular weight excluding hydrogens is 254 g/mol. The van der Waals surface area contributed by atoms with E-state index in [4.69, 9.17) is 0 Å². The second kappa shape index (κ2) is 4.98. The molecule has 0 unspecified atom stereocenters. The summed E-state index contributed by atoms with van der Waals surface area (Å²) in [4.78, 5) is 0. The summed E-state index contributed by atoms with van der Waals surface area (Å²) in [6.07, 6.45) is 9.20. The fraction of sp³-hybridized carbons (Fsp3) is 0.450. The average molecular weight is 278 g/mol. The molecule has 4 rings (SSSR count). The van der Waals surface area contributed by atoms with Gasteiger partial charge in [0.05, 0.1) is 0 Å². The SMILES string of the molecule is Cc1ccccc1-c1c2c(c3c([n+]1C)CCC3)CCCC2. The molecule has 0 fully saturated rings. The number of hydrogen-bond acceptors (Lipinski definition) is 0. The molecular formula is C20H24N+. The van der Waals surface area contributed by atoms with Crippen molar-refractivity contribution in [3.8, 4) is 11.3 Å². The Balaban J connectivity index is 2.05. The maximum Gasteiger partial charge on any atom is 0.216 e. The van der Waals surface area contributed by atoms with Crippen LogP contribution < -0.4 is 4.57 Å². The average Bonchev–Trinajstić information content (AvgIpc) is 2.99.